The van der Waals surface area contributed by atoms with Crippen LogP contribution in [0.15, 0.2) is 54.6 Å². The van der Waals surface area contributed by atoms with Gasteiger partial charge in [0.1, 0.15) is 5.75 Å². The first-order valence-corrected chi connectivity index (χ1v) is 8.98. The molecule has 1 fully saturated rings. The van der Waals surface area contributed by atoms with Crippen LogP contribution >= 0.6 is 0 Å². The van der Waals surface area contributed by atoms with Crippen LogP contribution in [0.4, 0.5) is 0 Å². The van der Waals surface area contributed by atoms with Crippen molar-refractivity contribution in [1.29, 1.82) is 0 Å². The van der Waals surface area contributed by atoms with Crippen molar-refractivity contribution in [2.45, 2.75) is 19.9 Å². The van der Waals surface area contributed by atoms with Crippen LogP contribution in [0, 0.1) is 6.92 Å². The zero-order chi connectivity index (χ0) is 16.6. The Labute approximate surface area is 145 Å². The third kappa shape index (κ3) is 5.36. The number of para-hydroxylation sites is 1. The minimum atomic E-state index is 0.799. The maximum Gasteiger partial charge on any atom is 0.119 e. The highest BCUT2D eigenvalue weighted by molar-refractivity contribution is 5.21. The number of benzene rings is 2. The molecule has 3 rings (SSSR count). The summed E-state index contributed by atoms with van der Waals surface area (Å²) < 4.78 is 5.77. The summed E-state index contributed by atoms with van der Waals surface area (Å²) in [7, 11) is 0. The Balaban J connectivity index is 1.31. The molecule has 1 aliphatic heterocycles. The van der Waals surface area contributed by atoms with Gasteiger partial charge in [-0.15, -0.1) is 0 Å². The van der Waals surface area contributed by atoms with E-state index in [2.05, 4.69) is 41.0 Å². The molecule has 0 aliphatic carbocycles. The molecule has 0 aromatic heterocycles. The second-order valence-corrected chi connectivity index (χ2v) is 6.62. The summed E-state index contributed by atoms with van der Waals surface area (Å²) in [5.74, 6) is 0.973. The molecule has 2 aromatic rings. The van der Waals surface area contributed by atoms with Gasteiger partial charge in [0.2, 0.25) is 0 Å². The van der Waals surface area contributed by atoms with Gasteiger partial charge < -0.3 is 9.64 Å². The highest BCUT2D eigenvalue weighted by Crippen LogP contribution is 2.11. The molecular weight excluding hydrogens is 296 g/mol. The van der Waals surface area contributed by atoms with Gasteiger partial charge in [-0.1, -0.05) is 48.0 Å². The fourth-order valence-corrected chi connectivity index (χ4v) is 3.12. The second kappa shape index (κ2) is 8.86. The summed E-state index contributed by atoms with van der Waals surface area (Å²) in [5, 5.41) is 0. The zero-order valence-electron chi connectivity index (χ0n) is 14.7. The van der Waals surface area contributed by atoms with Gasteiger partial charge in [-0.05, 0) is 31.0 Å². The van der Waals surface area contributed by atoms with Gasteiger partial charge in [0.05, 0.1) is 6.61 Å². The van der Waals surface area contributed by atoms with Gasteiger partial charge in [0.15, 0.2) is 0 Å². The Morgan fingerprint density at radius 1 is 0.833 bits per heavy atom. The Kier molecular flexibility index (Phi) is 6.27. The number of hydrogen-bond donors (Lipinski definition) is 0. The fraction of sp³-hybridized carbons (Fsp3) is 0.429. The topological polar surface area (TPSA) is 15.7 Å². The van der Waals surface area contributed by atoms with Crippen molar-refractivity contribution in [3.63, 3.8) is 0 Å². The lowest BCUT2D eigenvalue weighted by molar-refractivity contribution is 0.121. The quantitative estimate of drug-likeness (QED) is 0.724. The van der Waals surface area contributed by atoms with Crippen molar-refractivity contribution in [3.05, 3.63) is 65.7 Å². The Morgan fingerprint density at radius 2 is 1.50 bits per heavy atom. The van der Waals surface area contributed by atoms with E-state index in [0.29, 0.717) is 0 Å². The summed E-state index contributed by atoms with van der Waals surface area (Å²) in [6.07, 6.45) is 1.09. The summed E-state index contributed by atoms with van der Waals surface area (Å²) in [6, 6.07) is 19.0. The van der Waals surface area contributed by atoms with E-state index in [4.69, 9.17) is 4.74 Å². The normalized spacial score (nSPS) is 16.2. The highest BCUT2D eigenvalue weighted by Gasteiger charge is 2.16. The fourth-order valence-electron chi connectivity index (χ4n) is 3.12. The molecule has 3 nitrogen and oxygen atoms in total. The molecule has 0 spiro atoms. The van der Waals surface area contributed by atoms with Crippen molar-refractivity contribution in [3.8, 4) is 5.75 Å². The average molecular weight is 324 g/mol. The minimum Gasteiger partial charge on any atom is -0.494 e. The van der Waals surface area contributed by atoms with Gasteiger partial charge in [0.25, 0.3) is 0 Å². The van der Waals surface area contributed by atoms with Crippen LogP contribution in [-0.4, -0.2) is 49.1 Å². The molecule has 0 unspecified atom stereocenters. The van der Waals surface area contributed by atoms with Crippen molar-refractivity contribution >= 4 is 0 Å². The average Bonchev–Trinajstić information content (AvgIpc) is 2.63. The summed E-state index contributed by atoms with van der Waals surface area (Å²) in [4.78, 5) is 5.11. The number of nitrogens with zero attached hydrogens (tertiary/aromatic N) is 2. The van der Waals surface area contributed by atoms with E-state index in [1.165, 1.54) is 11.1 Å². The Bertz CT molecular complexity index is 589. The van der Waals surface area contributed by atoms with Crippen LogP contribution in [0.25, 0.3) is 0 Å². The summed E-state index contributed by atoms with van der Waals surface area (Å²) in [6.45, 7) is 9.79. The van der Waals surface area contributed by atoms with Crippen molar-refractivity contribution in [2.24, 2.45) is 0 Å². The second-order valence-electron chi connectivity index (χ2n) is 6.62. The number of rotatable bonds is 7. The van der Waals surface area contributed by atoms with E-state index in [-0.39, 0.29) is 0 Å². The summed E-state index contributed by atoms with van der Waals surface area (Å²) in [5.41, 5.74) is 2.76. The van der Waals surface area contributed by atoms with Crippen LogP contribution in [0.3, 0.4) is 0 Å². The van der Waals surface area contributed by atoms with Gasteiger partial charge in [-0.25, -0.2) is 0 Å². The molecule has 2 aromatic carbocycles. The molecule has 128 valence electrons. The molecule has 0 N–H and O–H groups in total. The number of hydrogen-bond acceptors (Lipinski definition) is 3. The number of aryl methyl sites for hydroxylation is 1. The SMILES string of the molecule is Cc1ccc(CN2CCN(CCCOc3ccccc3)CC2)cc1. The highest BCUT2D eigenvalue weighted by atomic mass is 16.5. The molecule has 0 saturated carbocycles. The monoisotopic (exact) mass is 324 g/mol. The maximum atomic E-state index is 5.77. The van der Waals surface area contributed by atoms with E-state index in [1.807, 2.05) is 30.3 Å². The third-order valence-corrected chi connectivity index (χ3v) is 4.62. The smallest absolute Gasteiger partial charge is 0.119 e. The maximum absolute atomic E-state index is 5.77. The van der Waals surface area contributed by atoms with E-state index in [1.54, 1.807) is 0 Å². The molecule has 0 bridgehead atoms. The first-order chi connectivity index (χ1) is 11.8. The van der Waals surface area contributed by atoms with Crippen LogP contribution in [0.1, 0.15) is 17.5 Å². The molecule has 1 heterocycles. The van der Waals surface area contributed by atoms with Crippen LogP contribution in [-0.2, 0) is 6.54 Å². The first kappa shape index (κ1) is 17.0. The lowest BCUT2D eigenvalue weighted by atomic mass is 10.1. The van der Waals surface area contributed by atoms with E-state index < -0.39 is 0 Å². The van der Waals surface area contributed by atoms with E-state index in [0.717, 1.165) is 58.0 Å². The lowest BCUT2D eigenvalue weighted by Gasteiger charge is -2.34. The predicted octanol–water partition coefficient (Wildman–Crippen LogP) is 3.58. The van der Waals surface area contributed by atoms with Crippen molar-refractivity contribution in [1.82, 2.24) is 9.80 Å². The van der Waals surface area contributed by atoms with Crippen molar-refractivity contribution in [2.75, 3.05) is 39.3 Å². The van der Waals surface area contributed by atoms with Gasteiger partial charge in [-0.2, -0.15) is 0 Å². The number of ether oxygens (including phenoxy) is 1. The Hall–Kier alpha value is -1.84. The zero-order valence-corrected chi connectivity index (χ0v) is 14.7. The minimum absolute atomic E-state index is 0.799. The molecule has 0 radical (unpaired) electrons. The molecule has 24 heavy (non-hydrogen) atoms. The predicted molar refractivity (Wildman–Crippen MR) is 99.5 cm³/mol. The van der Waals surface area contributed by atoms with Crippen LogP contribution in [0.2, 0.25) is 0 Å². The van der Waals surface area contributed by atoms with Crippen LogP contribution in [0.5, 0.6) is 5.75 Å². The molecule has 0 atom stereocenters. The molecule has 3 heteroatoms. The molecule has 0 amide bonds. The van der Waals surface area contributed by atoms with E-state index >= 15 is 0 Å². The Morgan fingerprint density at radius 3 is 2.21 bits per heavy atom. The van der Waals surface area contributed by atoms with E-state index in [9.17, 15) is 0 Å². The summed E-state index contributed by atoms with van der Waals surface area (Å²) >= 11 is 0. The van der Waals surface area contributed by atoms with Gasteiger partial charge in [-0.3, -0.25) is 4.90 Å². The molecule has 1 saturated heterocycles. The number of piperazine rings is 1. The van der Waals surface area contributed by atoms with Gasteiger partial charge in [0, 0.05) is 39.3 Å². The van der Waals surface area contributed by atoms with Crippen LogP contribution < -0.4 is 4.74 Å². The molecular formula is C21H28N2O. The molecule has 1 aliphatic rings. The largest absolute Gasteiger partial charge is 0.494 e. The van der Waals surface area contributed by atoms with Gasteiger partial charge >= 0.3 is 0 Å². The lowest BCUT2D eigenvalue weighted by Crippen LogP contribution is -2.46. The third-order valence-electron chi connectivity index (χ3n) is 4.62. The first-order valence-electron chi connectivity index (χ1n) is 8.98. The van der Waals surface area contributed by atoms with Crippen molar-refractivity contribution < 1.29 is 4.74 Å². The standard InChI is InChI=1S/C21H28N2O/c1-19-8-10-20(11-9-19)18-23-15-13-22(14-16-23)12-5-17-24-21-6-3-2-4-7-21/h2-4,6-11H,5,12-18H2,1H3.